The zero-order valence-corrected chi connectivity index (χ0v) is 15.8. The molecule has 0 aliphatic carbocycles. The summed E-state index contributed by atoms with van der Waals surface area (Å²) in [6, 6.07) is 12.4. The molecule has 0 spiro atoms. The molecule has 6 heteroatoms. The topological polar surface area (TPSA) is 49.4 Å². The van der Waals surface area contributed by atoms with Gasteiger partial charge < -0.3 is 10.2 Å². The molecule has 1 saturated heterocycles. The summed E-state index contributed by atoms with van der Waals surface area (Å²) in [7, 11) is 0. The standard InChI is InChI=1S/C20H20Cl2N2O2/c21-17-5-3-4-14(19(17)22)8-11-18(25)23-16-9-6-15(7-10-16)20(26)24-12-1-2-13-24/h3-7,9-10H,1-2,8,11-13H2,(H,23,25). The van der Waals surface area contributed by atoms with Gasteiger partial charge in [0.15, 0.2) is 0 Å². The number of carbonyl (C=O) groups excluding carboxylic acids is 2. The van der Waals surface area contributed by atoms with E-state index in [0.717, 1.165) is 31.5 Å². The fourth-order valence-corrected chi connectivity index (χ4v) is 3.43. The molecule has 1 heterocycles. The molecule has 1 fully saturated rings. The summed E-state index contributed by atoms with van der Waals surface area (Å²) in [4.78, 5) is 26.3. The third kappa shape index (κ3) is 4.57. The van der Waals surface area contributed by atoms with Gasteiger partial charge in [-0.05, 0) is 55.2 Å². The molecule has 0 radical (unpaired) electrons. The van der Waals surface area contributed by atoms with Gasteiger partial charge in [0.1, 0.15) is 0 Å². The first-order valence-corrected chi connectivity index (χ1v) is 9.42. The fraction of sp³-hybridized carbons (Fsp3) is 0.300. The van der Waals surface area contributed by atoms with Crippen LogP contribution in [0.4, 0.5) is 5.69 Å². The van der Waals surface area contributed by atoms with Crippen molar-refractivity contribution in [2.75, 3.05) is 18.4 Å². The highest BCUT2D eigenvalue weighted by atomic mass is 35.5. The number of rotatable bonds is 5. The molecule has 0 saturated carbocycles. The first kappa shape index (κ1) is 18.7. The summed E-state index contributed by atoms with van der Waals surface area (Å²) < 4.78 is 0. The van der Waals surface area contributed by atoms with E-state index in [1.165, 1.54) is 0 Å². The van der Waals surface area contributed by atoms with Gasteiger partial charge in [0.2, 0.25) is 5.91 Å². The Hall–Kier alpha value is -2.04. The van der Waals surface area contributed by atoms with E-state index in [9.17, 15) is 9.59 Å². The van der Waals surface area contributed by atoms with Crippen molar-refractivity contribution in [3.63, 3.8) is 0 Å². The molecular formula is C20H20Cl2N2O2. The Labute approximate surface area is 163 Å². The highest BCUT2D eigenvalue weighted by Gasteiger charge is 2.19. The van der Waals surface area contributed by atoms with Crippen molar-refractivity contribution in [2.45, 2.75) is 25.7 Å². The van der Waals surface area contributed by atoms with Crippen LogP contribution in [0.5, 0.6) is 0 Å². The van der Waals surface area contributed by atoms with Crippen LogP contribution in [0, 0.1) is 0 Å². The first-order chi connectivity index (χ1) is 12.5. The van der Waals surface area contributed by atoms with E-state index in [1.807, 2.05) is 17.0 Å². The van der Waals surface area contributed by atoms with E-state index in [4.69, 9.17) is 23.2 Å². The second kappa shape index (κ2) is 8.56. The van der Waals surface area contributed by atoms with Gasteiger partial charge in [-0.2, -0.15) is 0 Å². The number of halogens is 2. The number of hydrogen-bond acceptors (Lipinski definition) is 2. The summed E-state index contributed by atoms with van der Waals surface area (Å²) >= 11 is 12.1. The molecule has 3 rings (SSSR count). The Bertz CT molecular complexity index is 800. The summed E-state index contributed by atoms with van der Waals surface area (Å²) in [5.41, 5.74) is 2.17. The lowest BCUT2D eigenvalue weighted by molar-refractivity contribution is -0.116. The van der Waals surface area contributed by atoms with Crippen molar-refractivity contribution in [2.24, 2.45) is 0 Å². The number of carbonyl (C=O) groups is 2. The van der Waals surface area contributed by atoms with Crippen LogP contribution >= 0.6 is 23.2 Å². The highest BCUT2D eigenvalue weighted by Crippen LogP contribution is 2.26. The molecule has 2 aromatic carbocycles. The molecule has 0 bridgehead atoms. The molecule has 1 N–H and O–H groups in total. The summed E-state index contributed by atoms with van der Waals surface area (Å²) in [6.45, 7) is 1.65. The first-order valence-electron chi connectivity index (χ1n) is 8.66. The molecule has 1 aliphatic heterocycles. The largest absolute Gasteiger partial charge is 0.339 e. The molecule has 0 aromatic heterocycles. The van der Waals surface area contributed by atoms with E-state index in [0.29, 0.717) is 34.1 Å². The molecule has 4 nitrogen and oxygen atoms in total. The zero-order valence-electron chi connectivity index (χ0n) is 14.3. The van der Waals surface area contributed by atoms with Crippen molar-refractivity contribution in [1.29, 1.82) is 0 Å². The van der Waals surface area contributed by atoms with Crippen LogP contribution in [-0.4, -0.2) is 29.8 Å². The van der Waals surface area contributed by atoms with E-state index < -0.39 is 0 Å². The summed E-state index contributed by atoms with van der Waals surface area (Å²) in [5.74, 6) is -0.0596. The predicted molar refractivity (Wildman–Crippen MR) is 105 cm³/mol. The molecular weight excluding hydrogens is 371 g/mol. The van der Waals surface area contributed by atoms with Crippen LogP contribution in [0.15, 0.2) is 42.5 Å². The van der Waals surface area contributed by atoms with Gasteiger partial charge >= 0.3 is 0 Å². The summed E-state index contributed by atoms with van der Waals surface area (Å²) in [5, 5.41) is 3.82. The van der Waals surface area contributed by atoms with Crippen molar-refractivity contribution in [1.82, 2.24) is 4.90 Å². The van der Waals surface area contributed by atoms with Crippen molar-refractivity contribution >= 4 is 40.7 Å². The number of likely N-dealkylation sites (tertiary alicyclic amines) is 1. The predicted octanol–water partition coefficient (Wildman–Crippen LogP) is 4.80. The van der Waals surface area contributed by atoms with Gasteiger partial charge in [-0.15, -0.1) is 0 Å². The maximum atomic E-state index is 12.3. The lowest BCUT2D eigenvalue weighted by atomic mass is 10.1. The second-order valence-corrected chi connectivity index (χ2v) is 7.12. The van der Waals surface area contributed by atoms with Crippen LogP contribution in [0.1, 0.15) is 35.2 Å². The molecule has 2 aromatic rings. The lowest BCUT2D eigenvalue weighted by Gasteiger charge is -2.15. The summed E-state index contributed by atoms with van der Waals surface area (Å²) in [6.07, 6.45) is 2.94. The van der Waals surface area contributed by atoms with Crippen LogP contribution in [-0.2, 0) is 11.2 Å². The van der Waals surface area contributed by atoms with Gasteiger partial charge in [-0.25, -0.2) is 0 Å². The SMILES string of the molecule is O=C(CCc1cccc(Cl)c1Cl)Nc1ccc(C(=O)N2CCCC2)cc1. The van der Waals surface area contributed by atoms with Crippen LogP contribution in [0.2, 0.25) is 10.0 Å². The number of hydrogen-bond donors (Lipinski definition) is 1. The Morgan fingerprint density at radius 1 is 1.00 bits per heavy atom. The minimum absolute atomic E-state index is 0.0518. The molecule has 2 amide bonds. The number of aryl methyl sites for hydroxylation is 1. The van der Waals surface area contributed by atoms with Gasteiger partial charge in [0.05, 0.1) is 10.0 Å². The van der Waals surface area contributed by atoms with Crippen molar-refractivity contribution in [3.05, 3.63) is 63.6 Å². The zero-order chi connectivity index (χ0) is 18.5. The monoisotopic (exact) mass is 390 g/mol. The maximum absolute atomic E-state index is 12.3. The average molecular weight is 391 g/mol. The molecule has 0 atom stereocenters. The van der Waals surface area contributed by atoms with Crippen LogP contribution < -0.4 is 5.32 Å². The second-order valence-electron chi connectivity index (χ2n) is 6.34. The number of nitrogens with one attached hydrogen (secondary N) is 1. The number of nitrogens with zero attached hydrogens (tertiary/aromatic N) is 1. The number of benzene rings is 2. The Balaban J connectivity index is 1.54. The van der Waals surface area contributed by atoms with Gasteiger partial charge in [0.25, 0.3) is 5.91 Å². The van der Waals surface area contributed by atoms with Gasteiger partial charge in [-0.1, -0.05) is 35.3 Å². The van der Waals surface area contributed by atoms with E-state index in [-0.39, 0.29) is 11.8 Å². The minimum atomic E-state index is -0.111. The van der Waals surface area contributed by atoms with E-state index >= 15 is 0 Å². The highest BCUT2D eigenvalue weighted by molar-refractivity contribution is 6.42. The molecule has 1 aliphatic rings. The maximum Gasteiger partial charge on any atom is 0.253 e. The quantitative estimate of drug-likeness (QED) is 0.796. The van der Waals surface area contributed by atoms with Gasteiger partial charge in [-0.3, -0.25) is 9.59 Å². The van der Waals surface area contributed by atoms with Crippen LogP contribution in [0.3, 0.4) is 0 Å². The Kier molecular flexibility index (Phi) is 6.17. The van der Waals surface area contributed by atoms with Crippen molar-refractivity contribution in [3.8, 4) is 0 Å². The van der Waals surface area contributed by atoms with Gasteiger partial charge in [0, 0.05) is 30.8 Å². The van der Waals surface area contributed by atoms with E-state index in [1.54, 1.807) is 30.3 Å². The van der Waals surface area contributed by atoms with Crippen molar-refractivity contribution < 1.29 is 9.59 Å². The average Bonchev–Trinajstić information content (AvgIpc) is 3.18. The third-order valence-corrected chi connectivity index (χ3v) is 5.32. The molecule has 0 unspecified atom stereocenters. The smallest absolute Gasteiger partial charge is 0.253 e. The normalized spacial score (nSPS) is 13.7. The van der Waals surface area contributed by atoms with Crippen LogP contribution in [0.25, 0.3) is 0 Å². The third-order valence-electron chi connectivity index (χ3n) is 4.46. The molecule has 26 heavy (non-hydrogen) atoms. The Morgan fingerprint density at radius 3 is 2.38 bits per heavy atom. The van der Waals surface area contributed by atoms with E-state index in [2.05, 4.69) is 5.32 Å². The number of anilines is 1. The number of amides is 2. The lowest BCUT2D eigenvalue weighted by Crippen LogP contribution is -2.27. The minimum Gasteiger partial charge on any atom is -0.339 e. The Morgan fingerprint density at radius 2 is 1.69 bits per heavy atom. The fourth-order valence-electron chi connectivity index (χ4n) is 3.01. The molecule has 136 valence electrons.